The smallest absolute Gasteiger partial charge is 0.250 e. The lowest BCUT2D eigenvalue weighted by Gasteiger charge is -2.05. The summed E-state index contributed by atoms with van der Waals surface area (Å²) in [6.07, 6.45) is 0. The molecule has 0 spiro atoms. The zero-order valence-electron chi connectivity index (χ0n) is 12.2. The molecule has 0 saturated heterocycles. The minimum absolute atomic E-state index is 0.0177. The number of thiazole rings is 1. The topological polar surface area (TPSA) is 51.2 Å². The van der Waals surface area contributed by atoms with Crippen molar-refractivity contribution in [2.45, 2.75) is 13.5 Å². The molecule has 0 saturated carbocycles. The average Bonchev–Trinajstić information content (AvgIpc) is 2.92. The molecule has 0 aliphatic heterocycles. The number of hydrogen-bond acceptors (Lipinski definition) is 4. The summed E-state index contributed by atoms with van der Waals surface area (Å²) in [5.74, 6) is -0.162. The fraction of sp³-hybridized carbons (Fsp3) is 0.176. The number of rotatable bonds is 5. The molecule has 1 aromatic heterocycles. The summed E-state index contributed by atoms with van der Waals surface area (Å²) in [5, 5.41) is 3.68. The van der Waals surface area contributed by atoms with E-state index in [1.807, 2.05) is 55.5 Å². The number of nitrogens with zero attached hydrogens (tertiary/aromatic N) is 1. The minimum atomic E-state index is -0.162. The predicted octanol–water partition coefficient (Wildman–Crippen LogP) is 3.76. The van der Waals surface area contributed by atoms with Crippen LogP contribution in [0.4, 0.5) is 5.69 Å². The first-order valence-electron chi connectivity index (χ1n) is 6.99. The van der Waals surface area contributed by atoms with Gasteiger partial charge in [-0.15, -0.1) is 11.3 Å². The molecular weight excluding hydrogens is 296 g/mol. The van der Waals surface area contributed by atoms with Gasteiger partial charge < -0.3 is 10.1 Å². The first kappa shape index (κ1) is 14.7. The first-order valence-corrected chi connectivity index (χ1v) is 7.81. The van der Waals surface area contributed by atoms with Crippen LogP contribution < -0.4 is 5.32 Å². The van der Waals surface area contributed by atoms with E-state index in [1.165, 1.54) is 0 Å². The lowest BCUT2D eigenvalue weighted by molar-refractivity contribution is -0.121. The zero-order valence-corrected chi connectivity index (χ0v) is 13.0. The third-order valence-electron chi connectivity index (χ3n) is 3.13. The summed E-state index contributed by atoms with van der Waals surface area (Å²) in [5.41, 5.74) is 2.90. The van der Waals surface area contributed by atoms with Crippen LogP contribution in [0.3, 0.4) is 0 Å². The van der Waals surface area contributed by atoms with Crippen LogP contribution in [0.25, 0.3) is 10.2 Å². The molecule has 1 amide bonds. The lowest BCUT2D eigenvalue weighted by atomic mass is 10.2. The molecule has 0 bridgehead atoms. The maximum atomic E-state index is 11.8. The Morgan fingerprint density at radius 3 is 2.73 bits per heavy atom. The normalized spacial score (nSPS) is 10.8. The van der Waals surface area contributed by atoms with Gasteiger partial charge in [0.05, 0.1) is 16.8 Å². The van der Waals surface area contributed by atoms with Crippen LogP contribution in [0.15, 0.2) is 48.5 Å². The Labute approximate surface area is 132 Å². The van der Waals surface area contributed by atoms with Crippen molar-refractivity contribution in [2.75, 3.05) is 11.9 Å². The van der Waals surface area contributed by atoms with Crippen LogP contribution in [0.5, 0.6) is 0 Å². The highest BCUT2D eigenvalue weighted by molar-refractivity contribution is 7.18. The number of nitrogens with one attached hydrogen (secondary N) is 1. The van der Waals surface area contributed by atoms with Crippen LogP contribution in [-0.4, -0.2) is 17.5 Å². The largest absolute Gasteiger partial charge is 0.364 e. The van der Waals surface area contributed by atoms with Crippen LogP contribution >= 0.6 is 11.3 Å². The highest BCUT2D eigenvalue weighted by Gasteiger charge is 2.06. The Bertz CT molecular complexity index is 748. The number of aromatic nitrogens is 1. The van der Waals surface area contributed by atoms with Crippen molar-refractivity contribution in [1.29, 1.82) is 0 Å². The Hall–Kier alpha value is -2.24. The number of ether oxygens (including phenoxy) is 1. The van der Waals surface area contributed by atoms with E-state index < -0.39 is 0 Å². The highest BCUT2D eigenvalue weighted by Crippen LogP contribution is 2.21. The number of benzene rings is 2. The van der Waals surface area contributed by atoms with Crippen molar-refractivity contribution in [2.24, 2.45) is 0 Å². The molecule has 0 radical (unpaired) electrons. The summed E-state index contributed by atoms with van der Waals surface area (Å²) in [6, 6.07) is 15.6. The van der Waals surface area contributed by atoms with Crippen molar-refractivity contribution >= 4 is 33.1 Å². The zero-order chi connectivity index (χ0) is 15.4. The average molecular weight is 312 g/mol. The molecule has 0 aliphatic carbocycles. The molecule has 1 N–H and O–H groups in total. The summed E-state index contributed by atoms with van der Waals surface area (Å²) < 4.78 is 6.57. The number of carbonyl (C=O) groups excluding carboxylic acids is 1. The molecular formula is C17H16N2O2S. The van der Waals surface area contributed by atoms with Crippen molar-refractivity contribution in [3.05, 3.63) is 59.1 Å². The minimum Gasteiger partial charge on any atom is -0.364 e. The van der Waals surface area contributed by atoms with Gasteiger partial charge in [-0.25, -0.2) is 4.98 Å². The standard InChI is InChI=1S/C17H16N2O2S/c1-12-6-8-13(9-7-12)18-16(20)10-21-11-17-19-14-4-2-3-5-15(14)22-17/h2-9H,10-11H2,1H3,(H,18,20). The maximum Gasteiger partial charge on any atom is 0.250 e. The van der Waals surface area contributed by atoms with Gasteiger partial charge in [0, 0.05) is 5.69 Å². The molecule has 0 aliphatic rings. The second-order valence-electron chi connectivity index (χ2n) is 4.98. The van der Waals surface area contributed by atoms with E-state index in [9.17, 15) is 4.79 Å². The predicted molar refractivity (Wildman–Crippen MR) is 89.1 cm³/mol. The molecule has 0 unspecified atom stereocenters. The van der Waals surface area contributed by atoms with Gasteiger partial charge in [0.15, 0.2) is 0 Å². The number of carbonyl (C=O) groups is 1. The van der Waals surface area contributed by atoms with E-state index in [2.05, 4.69) is 10.3 Å². The molecule has 3 rings (SSSR count). The van der Waals surface area contributed by atoms with Gasteiger partial charge >= 0.3 is 0 Å². The van der Waals surface area contributed by atoms with E-state index in [4.69, 9.17) is 4.74 Å². The van der Waals surface area contributed by atoms with Gasteiger partial charge in [0.2, 0.25) is 5.91 Å². The number of para-hydroxylation sites is 1. The Kier molecular flexibility index (Phi) is 4.46. The molecule has 3 aromatic rings. The summed E-state index contributed by atoms with van der Waals surface area (Å²) >= 11 is 1.59. The molecule has 112 valence electrons. The molecule has 1 heterocycles. The molecule has 22 heavy (non-hydrogen) atoms. The Balaban J connectivity index is 1.49. The fourth-order valence-corrected chi connectivity index (χ4v) is 2.95. The molecule has 2 aromatic carbocycles. The van der Waals surface area contributed by atoms with E-state index in [-0.39, 0.29) is 12.5 Å². The maximum absolute atomic E-state index is 11.8. The third-order valence-corrected chi connectivity index (χ3v) is 4.14. The van der Waals surface area contributed by atoms with Crippen LogP contribution in [-0.2, 0) is 16.1 Å². The van der Waals surface area contributed by atoms with Gasteiger partial charge in [-0.3, -0.25) is 4.79 Å². The Morgan fingerprint density at radius 1 is 1.18 bits per heavy atom. The number of anilines is 1. The number of aryl methyl sites for hydroxylation is 1. The number of amides is 1. The van der Waals surface area contributed by atoms with Crippen LogP contribution in [0, 0.1) is 6.92 Å². The SMILES string of the molecule is Cc1ccc(NC(=O)COCc2nc3ccccc3s2)cc1. The highest BCUT2D eigenvalue weighted by atomic mass is 32.1. The first-order chi connectivity index (χ1) is 10.7. The third kappa shape index (κ3) is 3.69. The number of hydrogen-bond donors (Lipinski definition) is 1. The van der Waals surface area contributed by atoms with Gasteiger partial charge in [-0.2, -0.15) is 0 Å². The van der Waals surface area contributed by atoms with E-state index in [1.54, 1.807) is 11.3 Å². The molecule has 0 atom stereocenters. The van der Waals surface area contributed by atoms with Crippen molar-refractivity contribution in [1.82, 2.24) is 4.98 Å². The summed E-state index contributed by atoms with van der Waals surface area (Å²) in [7, 11) is 0. The van der Waals surface area contributed by atoms with Gasteiger partial charge in [0.1, 0.15) is 11.6 Å². The molecule has 5 heteroatoms. The monoisotopic (exact) mass is 312 g/mol. The van der Waals surface area contributed by atoms with Gasteiger partial charge in [0.25, 0.3) is 0 Å². The van der Waals surface area contributed by atoms with Crippen LogP contribution in [0.1, 0.15) is 10.6 Å². The van der Waals surface area contributed by atoms with E-state index in [0.717, 1.165) is 26.5 Å². The fourth-order valence-electron chi connectivity index (χ4n) is 2.05. The van der Waals surface area contributed by atoms with Gasteiger partial charge in [-0.1, -0.05) is 29.8 Å². The second kappa shape index (κ2) is 6.68. The summed E-state index contributed by atoms with van der Waals surface area (Å²) in [6.45, 7) is 2.37. The molecule has 4 nitrogen and oxygen atoms in total. The Morgan fingerprint density at radius 2 is 1.95 bits per heavy atom. The van der Waals surface area contributed by atoms with Crippen molar-refractivity contribution in [3.8, 4) is 0 Å². The second-order valence-corrected chi connectivity index (χ2v) is 6.10. The number of fused-ring (bicyclic) bond motifs is 1. The summed E-state index contributed by atoms with van der Waals surface area (Å²) in [4.78, 5) is 16.3. The van der Waals surface area contributed by atoms with Crippen molar-refractivity contribution < 1.29 is 9.53 Å². The quantitative estimate of drug-likeness (QED) is 0.780. The lowest BCUT2D eigenvalue weighted by Crippen LogP contribution is -2.18. The van der Waals surface area contributed by atoms with Crippen molar-refractivity contribution in [3.63, 3.8) is 0 Å². The molecule has 0 fully saturated rings. The van der Waals surface area contributed by atoms with E-state index in [0.29, 0.717) is 6.61 Å². The van der Waals surface area contributed by atoms with E-state index >= 15 is 0 Å². The van der Waals surface area contributed by atoms with Gasteiger partial charge in [-0.05, 0) is 31.2 Å². The van der Waals surface area contributed by atoms with Crippen LogP contribution in [0.2, 0.25) is 0 Å².